The summed E-state index contributed by atoms with van der Waals surface area (Å²) in [5.74, 6) is -1.32. The minimum atomic E-state index is -1.01. The predicted octanol–water partition coefficient (Wildman–Crippen LogP) is -0.00388. The molecule has 0 saturated heterocycles. The van der Waals surface area contributed by atoms with E-state index in [1.54, 1.807) is 25.1 Å². The quantitative estimate of drug-likeness (QED) is 0.794. The Morgan fingerprint density at radius 1 is 1.40 bits per heavy atom. The number of aryl methyl sites for hydroxylation is 1. The molecule has 20 heavy (non-hydrogen) atoms. The second kappa shape index (κ2) is 5.91. The van der Waals surface area contributed by atoms with Crippen molar-refractivity contribution in [3.8, 4) is 0 Å². The molecule has 0 atom stereocenters. The Bertz CT molecular complexity index is 638. The minimum Gasteiger partial charge on any atom is -0.480 e. The van der Waals surface area contributed by atoms with Crippen LogP contribution in [-0.2, 0) is 17.9 Å². The summed E-state index contributed by atoms with van der Waals surface area (Å²) in [7, 11) is 0. The van der Waals surface area contributed by atoms with Crippen LogP contribution in [-0.4, -0.2) is 37.0 Å². The van der Waals surface area contributed by atoms with E-state index in [1.807, 2.05) is 0 Å². The Morgan fingerprint density at radius 2 is 2.20 bits per heavy atom. The molecule has 0 aliphatic heterocycles. The van der Waals surface area contributed by atoms with Gasteiger partial charge in [0, 0.05) is 5.69 Å². The molecule has 2 aromatic rings. The van der Waals surface area contributed by atoms with Crippen LogP contribution < -0.4 is 5.32 Å². The van der Waals surface area contributed by atoms with Gasteiger partial charge in [-0.2, -0.15) is 0 Å². The van der Waals surface area contributed by atoms with Crippen LogP contribution in [0.5, 0.6) is 0 Å². The second-order valence-electron chi connectivity index (χ2n) is 4.15. The molecule has 2 N–H and O–H groups in total. The van der Waals surface area contributed by atoms with E-state index in [4.69, 9.17) is 5.11 Å². The molecule has 2 heterocycles. The standard InChI is InChI=1S/C12H13N5O3/c1-8-3-2-4-10(14-8)12(20)13-5-9-6-17(16-15-9)7-11(18)19/h2-4,6H,5,7H2,1H3,(H,13,20)(H,18,19). The van der Waals surface area contributed by atoms with E-state index in [9.17, 15) is 9.59 Å². The van der Waals surface area contributed by atoms with Gasteiger partial charge in [-0.15, -0.1) is 5.10 Å². The number of rotatable bonds is 5. The Morgan fingerprint density at radius 3 is 2.90 bits per heavy atom. The van der Waals surface area contributed by atoms with Gasteiger partial charge >= 0.3 is 5.97 Å². The lowest BCUT2D eigenvalue weighted by atomic mass is 10.3. The first-order valence-electron chi connectivity index (χ1n) is 5.87. The van der Waals surface area contributed by atoms with Crippen molar-refractivity contribution in [2.45, 2.75) is 20.0 Å². The number of aliphatic carboxylic acids is 1. The molecule has 0 aliphatic rings. The third-order valence-electron chi connectivity index (χ3n) is 2.43. The zero-order valence-electron chi connectivity index (χ0n) is 10.8. The van der Waals surface area contributed by atoms with Gasteiger partial charge in [-0.1, -0.05) is 11.3 Å². The summed E-state index contributed by atoms with van der Waals surface area (Å²) in [4.78, 5) is 26.4. The number of aromatic nitrogens is 4. The molecule has 0 radical (unpaired) electrons. The fraction of sp³-hybridized carbons (Fsp3) is 0.250. The molecule has 8 nitrogen and oxygen atoms in total. The summed E-state index contributed by atoms with van der Waals surface area (Å²) in [6.45, 7) is 1.70. The lowest BCUT2D eigenvalue weighted by Crippen LogP contribution is -2.24. The van der Waals surface area contributed by atoms with E-state index in [0.717, 1.165) is 5.69 Å². The van der Waals surface area contributed by atoms with Crippen LogP contribution in [0.15, 0.2) is 24.4 Å². The van der Waals surface area contributed by atoms with Crippen LogP contribution in [0.1, 0.15) is 21.9 Å². The third-order valence-corrected chi connectivity index (χ3v) is 2.43. The van der Waals surface area contributed by atoms with Crippen molar-refractivity contribution in [1.29, 1.82) is 0 Å². The monoisotopic (exact) mass is 275 g/mol. The number of amides is 1. The number of nitrogens with one attached hydrogen (secondary N) is 1. The SMILES string of the molecule is Cc1cccc(C(=O)NCc2cn(CC(=O)O)nn2)n1. The summed E-state index contributed by atoms with van der Waals surface area (Å²) < 4.78 is 1.19. The summed E-state index contributed by atoms with van der Waals surface area (Å²) >= 11 is 0. The molecule has 8 heteroatoms. The number of pyridine rings is 1. The number of carbonyl (C=O) groups excluding carboxylic acids is 1. The number of hydrogen-bond donors (Lipinski definition) is 2. The highest BCUT2D eigenvalue weighted by atomic mass is 16.4. The molecular weight excluding hydrogens is 262 g/mol. The molecule has 0 bridgehead atoms. The first-order chi connectivity index (χ1) is 9.54. The molecule has 0 aromatic carbocycles. The van der Waals surface area contributed by atoms with Gasteiger partial charge in [0.2, 0.25) is 0 Å². The van der Waals surface area contributed by atoms with E-state index in [1.165, 1.54) is 10.9 Å². The van der Waals surface area contributed by atoms with E-state index >= 15 is 0 Å². The number of hydrogen-bond acceptors (Lipinski definition) is 5. The normalized spacial score (nSPS) is 10.2. The molecule has 2 rings (SSSR count). The minimum absolute atomic E-state index is 0.161. The number of carboxylic acid groups (broad SMARTS) is 1. The zero-order chi connectivity index (χ0) is 14.5. The Kier molecular flexibility index (Phi) is 4.04. The van der Waals surface area contributed by atoms with Crippen LogP contribution in [0.2, 0.25) is 0 Å². The predicted molar refractivity (Wildman–Crippen MR) is 67.8 cm³/mol. The van der Waals surface area contributed by atoms with Crippen molar-refractivity contribution >= 4 is 11.9 Å². The molecule has 104 valence electrons. The van der Waals surface area contributed by atoms with Crippen molar-refractivity contribution in [3.63, 3.8) is 0 Å². The highest BCUT2D eigenvalue weighted by Crippen LogP contribution is 1.99. The third kappa shape index (κ3) is 3.61. The van der Waals surface area contributed by atoms with E-state index in [2.05, 4.69) is 20.6 Å². The molecule has 0 spiro atoms. The van der Waals surface area contributed by atoms with Gasteiger partial charge in [0.25, 0.3) is 5.91 Å². The van der Waals surface area contributed by atoms with Crippen molar-refractivity contribution < 1.29 is 14.7 Å². The van der Waals surface area contributed by atoms with Crippen LogP contribution in [0.25, 0.3) is 0 Å². The topological polar surface area (TPSA) is 110 Å². The van der Waals surface area contributed by atoms with E-state index in [0.29, 0.717) is 11.4 Å². The Hall–Kier alpha value is -2.77. The average molecular weight is 275 g/mol. The lowest BCUT2D eigenvalue weighted by Gasteiger charge is -2.02. The van der Waals surface area contributed by atoms with Gasteiger partial charge in [-0.05, 0) is 19.1 Å². The Labute approximate surface area is 114 Å². The fourth-order valence-electron chi connectivity index (χ4n) is 1.57. The van der Waals surface area contributed by atoms with Gasteiger partial charge < -0.3 is 10.4 Å². The van der Waals surface area contributed by atoms with Crippen molar-refractivity contribution in [2.75, 3.05) is 0 Å². The molecule has 0 unspecified atom stereocenters. The van der Waals surface area contributed by atoms with Crippen molar-refractivity contribution in [3.05, 3.63) is 41.5 Å². The van der Waals surface area contributed by atoms with E-state index in [-0.39, 0.29) is 19.0 Å². The highest BCUT2D eigenvalue weighted by molar-refractivity contribution is 5.92. The summed E-state index contributed by atoms with van der Waals surface area (Å²) in [5, 5.41) is 18.7. The molecule has 0 saturated carbocycles. The maximum absolute atomic E-state index is 11.8. The first-order valence-corrected chi connectivity index (χ1v) is 5.87. The molecule has 0 aliphatic carbocycles. The van der Waals surface area contributed by atoms with Crippen LogP contribution in [0, 0.1) is 6.92 Å². The number of nitrogens with zero attached hydrogens (tertiary/aromatic N) is 4. The number of carboxylic acids is 1. The summed E-state index contributed by atoms with van der Waals surface area (Å²) in [6.07, 6.45) is 1.47. The molecular formula is C12H13N5O3. The van der Waals surface area contributed by atoms with Crippen LogP contribution in [0.4, 0.5) is 0 Å². The molecule has 1 amide bonds. The van der Waals surface area contributed by atoms with Crippen molar-refractivity contribution in [1.82, 2.24) is 25.3 Å². The first kappa shape index (κ1) is 13.7. The smallest absolute Gasteiger partial charge is 0.325 e. The van der Waals surface area contributed by atoms with Gasteiger partial charge in [-0.25, -0.2) is 9.67 Å². The number of carbonyl (C=O) groups is 2. The maximum atomic E-state index is 11.8. The van der Waals surface area contributed by atoms with Gasteiger partial charge in [-0.3, -0.25) is 9.59 Å². The summed E-state index contributed by atoms with van der Waals surface area (Å²) in [6, 6.07) is 5.16. The van der Waals surface area contributed by atoms with Gasteiger partial charge in [0.1, 0.15) is 17.9 Å². The summed E-state index contributed by atoms with van der Waals surface area (Å²) in [5.41, 5.74) is 1.56. The van der Waals surface area contributed by atoms with E-state index < -0.39 is 5.97 Å². The maximum Gasteiger partial charge on any atom is 0.325 e. The van der Waals surface area contributed by atoms with Gasteiger partial charge in [0.05, 0.1) is 12.7 Å². The second-order valence-corrected chi connectivity index (χ2v) is 4.15. The zero-order valence-corrected chi connectivity index (χ0v) is 10.8. The van der Waals surface area contributed by atoms with Crippen LogP contribution in [0.3, 0.4) is 0 Å². The lowest BCUT2D eigenvalue weighted by molar-refractivity contribution is -0.137. The Balaban J connectivity index is 1.93. The average Bonchev–Trinajstić information content (AvgIpc) is 2.82. The fourth-order valence-corrected chi connectivity index (χ4v) is 1.57. The largest absolute Gasteiger partial charge is 0.480 e. The van der Waals surface area contributed by atoms with Crippen LogP contribution >= 0.6 is 0 Å². The van der Waals surface area contributed by atoms with Crippen molar-refractivity contribution in [2.24, 2.45) is 0 Å². The molecule has 2 aromatic heterocycles. The van der Waals surface area contributed by atoms with Gasteiger partial charge in [0.15, 0.2) is 0 Å². The highest BCUT2D eigenvalue weighted by Gasteiger charge is 2.09. The molecule has 0 fully saturated rings.